The minimum absolute atomic E-state index is 0.0872. The van der Waals surface area contributed by atoms with Gasteiger partial charge in [-0.2, -0.15) is 9.78 Å². The molecular formula is C22H38O8. The van der Waals surface area contributed by atoms with E-state index in [0.29, 0.717) is 12.8 Å². The molecule has 174 valence electrons. The fraction of sp³-hybridized carbons (Fsp3) is 0.909. The van der Waals surface area contributed by atoms with E-state index in [9.17, 15) is 9.59 Å². The largest absolute Gasteiger partial charge is 0.540 e. The summed E-state index contributed by atoms with van der Waals surface area (Å²) in [5.74, 6) is 0. The summed E-state index contributed by atoms with van der Waals surface area (Å²) in [6, 6.07) is 0. The van der Waals surface area contributed by atoms with Gasteiger partial charge in [0.15, 0.2) is 0 Å². The first-order valence-corrected chi connectivity index (χ1v) is 11.3. The summed E-state index contributed by atoms with van der Waals surface area (Å²) in [7, 11) is 0. The van der Waals surface area contributed by atoms with Crippen LogP contribution < -0.4 is 0 Å². The minimum Gasteiger partial charge on any atom is -0.429 e. The number of hydrogen-bond acceptors (Lipinski definition) is 8. The standard InChI is InChI=1S/C22H38O8/c1-21(2,29-27-19(23)25-17-11-7-5-8-12-17)15-16-22(3,4)30-28-20(24)26-18-13-9-6-10-14-18/h17-18H,5-16H2,1-4H3. The van der Waals surface area contributed by atoms with Crippen molar-refractivity contribution in [1.82, 2.24) is 0 Å². The number of carbonyl (C=O) groups is 2. The second kappa shape index (κ2) is 11.7. The van der Waals surface area contributed by atoms with Gasteiger partial charge in [0.05, 0.1) is 0 Å². The maximum absolute atomic E-state index is 11.8. The normalized spacial score (nSPS) is 19.2. The lowest BCUT2D eigenvalue weighted by atomic mass is 9.94. The third-order valence-electron chi connectivity index (χ3n) is 5.63. The van der Waals surface area contributed by atoms with Crippen LogP contribution in [0.2, 0.25) is 0 Å². The Kier molecular flexibility index (Phi) is 9.68. The average Bonchev–Trinajstić information content (AvgIpc) is 2.71. The van der Waals surface area contributed by atoms with E-state index in [1.54, 1.807) is 27.7 Å². The van der Waals surface area contributed by atoms with Crippen molar-refractivity contribution >= 4 is 12.3 Å². The zero-order valence-electron chi connectivity index (χ0n) is 18.9. The summed E-state index contributed by atoms with van der Waals surface area (Å²) >= 11 is 0. The number of ether oxygens (including phenoxy) is 2. The molecule has 8 nitrogen and oxygen atoms in total. The van der Waals surface area contributed by atoms with Crippen molar-refractivity contribution in [2.24, 2.45) is 0 Å². The van der Waals surface area contributed by atoms with E-state index in [0.717, 1.165) is 51.4 Å². The lowest BCUT2D eigenvalue weighted by molar-refractivity contribution is -0.336. The highest BCUT2D eigenvalue weighted by molar-refractivity contribution is 5.59. The Balaban J connectivity index is 1.63. The molecule has 0 unspecified atom stereocenters. The Morgan fingerprint density at radius 1 is 0.633 bits per heavy atom. The molecule has 30 heavy (non-hydrogen) atoms. The Morgan fingerprint density at radius 2 is 0.967 bits per heavy atom. The van der Waals surface area contributed by atoms with Crippen molar-refractivity contribution in [3.8, 4) is 0 Å². The van der Waals surface area contributed by atoms with E-state index >= 15 is 0 Å². The van der Waals surface area contributed by atoms with Gasteiger partial charge >= 0.3 is 12.3 Å². The molecule has 0 saturated heterocycles. The predicted molar refractivity (Wildman–Crippen MR) is 108 cm³/mol. The summed E-state index contributed by atoms with van der Waals surface area (Å²) in [5.41, 5.74) is -1.51. The molecule has 0 spiro atoms. The molecule has 2 fully saturated rings. The summed E-state index contributed by atoms with van der Waals surface area (Å²) in [5, 5.41) is 0. The maximum Gasteiger partial charge on any atom is 0.540 e. The molecule has 0 amide bonds. The van der Waals surface area contributed by atoms with Gasteiger partial charge in [0.2, 0.25) is 0 Å². The summed E-state index contributed by atoms with van der Waals surface area (Å²) in [6.45, 7) is 7.20. The van der Waals surface area contributed by atoms with Crippen molar-refractivity contribution in [2.75, 3.05) is 0 Å². The smallest absolute Gasteiger partial charge is 0.429 e. The Hall–Kier alpha value is -1.54. The molecule has 8 heteroatoms. The summed E-state index contributed by atoms with van der Waals surface area (Å²) in [6.07, 6.45) is 9.30. The van der Waals surface area contributed by atoms with Crippen LogP contribution in [0.25, 0.3) is 0 Å². The fourth-order valence-corrected chi connectivity index (χ4v) is 3.66. The first kappa shape index (κ1) is 24.7. The van der Waals surface area contributed by atoms with Gasteiger partial charge in [0, 0.05) is 0 Å². The van der Waals surface area contributed by atoms with Gasteiger partial charge in [0.25, 0.3) is 0 Å². The fourth-order valence-electron chi connectivity index (χ4n) is 3.66. The van der Waals surface area contributed by atoms with E-state index < -0.39 is 23.5 Å². The van der Waals surface area contributed by atoms with Crippen LogP contribution in [-0.2, 0) is 29.0 Å². The van der Waals surface area contributed by atoms with Gasteiger partial charge in [-0.05, 0) is 91.9 Å². The zero-order valence-corrected chi connectivity index (χ0v) is 18.9. The Labute approximate surface area is 179 Å². The molecule has 0 heterocycles. The molecular weight excluding hydrogens is 392 g/mol. The van der Waals surface area contributed by atoms with E-state index in [1.807, 2.05) is 0 Å². The van der Waals surface area contributed by atoms with Crippen LogP contribution in [0.15, 0.2) is 0 Å². The molecule has 2 saturated carbocycles. The SMILES string of the molecule is CC(C)(CCC(C)(C)OOC(=O)OC1CCCCC1)OOC(=O)OC1CCCCC1. The van der Waals surface area contributed by atoms with Crippen LogP contribution >= 0.6 is 0 Å². The molecule has 0 N–H and O–H groups in total. The van der Waals surface area contributed by atoms with Gasteiger partial charge in [-0.25, -0.2) is 9.59 Å². The van der Waals surface area contributed by atoms with Crippen molar-refractivity contribution in [2.45, 2.75) is 128 Å². The highest BCUT2D eigenvalue weighted by atomic mass is 17.2. The molecule has 0 aliphatic heterocycles. The van der Waals surface area contributed by atoms with E-state index in [1.165, 1.54) is 12.8 Å². The lowest BCUT2D eigenvalue weighted by Gasteiger charge is -2.29. The van der Waals surface area contributed by atoms with Crippen molar-refractivity contribution in [3.63, 3.8) is 0 Å². The first-order valence-electron chi connectivity index (χ1n) is 11.3. The minimum atomic E-state index is -0.806. The Morgan fingerprint density at radius 3 is 1.30 bits per heavy atom. The third-order valence-corrected chi connectivity index (χ3v) is 5.63. The van der Waals surface area contributed by atoms with Crippen LogP contribution in [0, 0.1) is 0 Å². The average molecular weight is 431 g/mol. The topological polar surface area (TPSA) is 89.5 Å². The van der Waals surface area contributed by atoms with E-state index in [-0.39, 0.29) is 12.2 Å². The molecule has 0 atom stereocenters. The van der Waals surface area contributed by atoms with Gasteiger partial charge in [-0.3, -0.25) is 9.78 Å². The number of hydrogen-bond donors (Lipinski definition) is 0. The van der Waals surface area contributed by atoms with Crippen LogP contribution in [0.5, 0.6) is 0 Å². The molecule has 2 rings (SSSR count). The maximum atomic E-state index is 11.8. The van der Waals surface area contributed by atoms with Crippen LogP contribution in [-0.4, -0.2) is 35.7 Å². The van der Waals surface area contributed by atoms with Crippen LogP contribution in [0.4, 0.5) is 9.59 Å². The quantitative estimate of drug-likeness (QED) is 0.244. The van der Waals surface area contributed by atoms with E-state index in [4.69, 9.17) is 29.0 Å². The molecule has 0 aromatic carbocycles. The van der Waals surface area contributed by atoms with Gasteiger partial charge in [-0.1, -0.05) is 12.8 Å². The second-order valence-electron chi connectivity index (χ2n) is 9.61. The number of rotatable bonds is 9. The van der Waals surface area contributed by atoms with Gasteiger partial charge < -0.3 is 9.47 Å². The van der Waals surface area contributed by atoms with Crippen molar-refractivity contribution in [1.29, 1.82) is 0 Å². The van der Waals surface area contributed by atoms with E-state index in [2.05, 4.69) is 0 Å². The molecule has 2 aliphatic rings. The highest BCUT2D eigenvalue weighted by Gasteiger charge is 2.31. The molecule has 2 aliphatic carbocycles. The summed E-state index contributed by atoms with van der Waals surface area (Å²) < 4.78 is 10.6. The molecule has 0 aromatic heterocycles. The van der Waals surface area contributed by atoms with Crippen LogP contribution in [0.3, 0.4) is 0 Å². The molecule has 0 bridgehead atoms. The monoisotopic (exact) mass is 430 g/mol. The van der Waals surface area contributed by atoms with Crippen molar-refractivity contribution in [3.05, 3.63) is 0 Å². The highest BCUT2D eigenvalue weighted by Crippen LogP contribution is 2.27. The zero-order chi connectivity index (χ0) is 22.0. The van der Waals surface area contributed by atoms with Gasteiger partial charge in [-0.15, -0.1) is 0 Å². The second-order valence-corrected chi connectivity index (χ2v) is 9.61. The van der Waals surface area contributed by atoms with Crippen molar-refractivity contribution < 1.29 is 38.6 Å². The lowest BCUT2D eigenvalue weighted by Crippen LogP contribution is -2.33. The first-order chi connectivity index (χ1) is 14.2. The van der Waals surface area contributed by atoms with Crippen LogP contribution in [0.1, 0.15) is 105 Å². The third kappa shape index (κ3) is 9.98. The summed E-state index contributed by atoms with van der Waals surface area (Å²) in [4.78, 5) is 44.0. The molecule has 0 radical (unpaired) electrons. The Bertz CT molecular complexity index is 485. The predicted octanol–water partition coefficient (Wildman–Crippen LogP) is 6.16. The van der Waals surface area contributed by atoms with Gasteiger partial charge in [0.1, 0.15) is 23.4 Å². The molecule has 0 aromatic rings. The number of carbonyl (C=O) groups excluding carboxylic acids is 2.